The SMILES string of the molecule is Cc1cc(OC[C@]2(CC(=O)N3CCN(C)CC3)CN(C(=O)CCn3ccnc3C)CCO2)ccc1Cl. The van der Waals surface area contributed by atoms with Crippen LogP contribution in [0.4, 0.5) is 0 Å². The zero-order valence-electron chi connectivity index (χ0n) is 21.4. The summed E-state index contributed by atoms with van der Waals surface area (Å²) in [5.74, 6) is 1.60. The highest BCUT2D eigenvalue weighted by Gasteiger charge is 2.42. The minimum absolute atomic E-state index is 0.0299. The van der Waals surface area contributed by atoms with Crippen LogP contribution in [0.5, 0.6) is 5.75 Å². The lowest BCUT2D eigenvalue weighted by Crippen LogP contribution is -2.59. The molecule has 0 radical (unpaired) electrons. The Morgan fingerprint density at radius 3 is 2.58 bits per heavy atom. The van der Waals surface area contributed by atoms with Crippen LogP contribution in [0.2, 0.25) is 5.02 Å². The van der Waals surface area contributed by atoms with Gasteiger partial charge in [0.1, 0.15) is 23.8 Å². The van der Waals surface area contributed by atoms with Gasteiger partial charge in [0.15, 0.2) is 0 Å². The van der Waals surface area contributed by atoms with E-state index in [2.05, 4.69) is 16.9 Å². The zero-order chi connectivity index (χ0) is 25.7. The van der Waals surface area contributed by atoms with Crippen molar-refractivity contribution in [1.82, 2.24) is 24.3 Å². The smallest absolute Gasteiger partial charge is 0.225 e. The van der Waals surface area contributed by atoms with E-state index in [-0.39, 0.29) is 24.8 Å². The summed E-state index contributed by atoms with van der Waals surface area (Å²) in [5, 5.41) is 0.668. The van der Waals surface area contributed by atoms with Gasteiger partial charge < -0.3 is 28.7 Å². The molecule has 1 aromatic carbocycles. The van der Waals surface area contributed by atoms with Crippen LogP contribution in [0.1, 0.15) is 24.2 Å². The molecule has 4 rings (SSSR count). The second-order valence-electron chi connectivity index (χ2n) is 9.83. The fourth-order valence-corrected chi connectivity index (χ4v) is 4.80. The molecular weight excluding hydrogens is 482 g/mol. The quantitative estimate of drug-likeness (QED) is 0.535. The molecule has 2 fully saturated rings. The zero-order valence-corrected chi connectivity index (χ0v) is 22.2. The third-order valence-electron chi connectivity index (χ3n) is 7.05. The van der Waals surface area contributed by atoms with Crippen LogP contribution >= 0.6 is 11.6 Å². The van der Waals surface area contributed by atoms with Crippen molar-refractivity contribution >= 4 is 23.4 Å². The summed E-state index contributed by atoms with van der Waals surface area (Å²) in [6.45, 7) is 8.79. The van der Waals surface area contributed by atoms with E-state index in [1.165, 1.54) is 0 Å². The maximum atomic E-state index is 13.3. The molecule has 9 nitrogen and oxygen atoms in total. The Morgan fingerprint density at radius 2 is 1.89 bits per heavy atom. The number of imidazole rings is 1. The molecule has 2 amide bonds. The summed E-state index contributed by atoms with van der Waals surface area (Å²) in [6.07, 6.45) is 4.13. The number of nitrogens with zero attached hydrogens (tertiary/aromatic N) is 5. The van der Waals surface area contributed by atoms with Crippen LogP contribution in [-0.4, -0.2) is 101 Å². The van der Waals surface area contributed by atoms with Gasteiger partial charge >= 0.3 is 0 Å². The van der Waals surface area contributed by atoms with Crippen molar-refractivity contribution in [3.8, 4) is 5.75 Å². The summed E-state index contributed by atoms with van der Waals surface area (Å²) in [5.41, 5.74) is -0.0137. The topological polar surface area (TPSA) is 80.1 Å². The highest BCUT2D eigenvalue weighted by atomic mass is 35.5. The molecule has 2 saturated heterocycles. The Kier molecular flexibility index (Phi) is 8.54. The molecule has 3 heterocycles. The number of benzene rings is 1. The van der Waals surface area contributed by atoms with Crippen molar-refractivity contribution in [1.29, 1.82) is 0 Å². The third-order valence-corrected chi connectivity index (χ3v) is 7.48. The first kappa shape index (κ1) is 26.4. The molecule has 10 heteroatoms. The molecule has 0 N–H and O–H groups in total. The Bertz CT molecular complexity index is 1070. The minimum atomic E-state index is -0.924. The molecular formula is C26H36ClN5O4. The normalized spacial score (nSPS) is 21.0. The minimum Gasteiger partial charge on any atom is -0.490 e. The van der Waals surface area contributed by atoms with Crippen LogP contribution in [-0.2, 0) is 20.9 Å². The van der Waals surface area contributed by atoms with Crippen molar-refractivity contribution in [2.24, 2.45) is 0 Å². The van der Waals surface area contributed by atoms with Crippen LogP contribution in [0.25, 0.3) is 0 Å². The van der Waals surface area contributed by atoms with Gasteiger partial charge in [-0.1, -0.05) is 11.6 Å². The highest BCUT2D eigenvalue weighted by molar-refractivity contribution is 6.31. The number of ether oxygens (including phenoxy) is 2. The predicted molar refractivity (Wildman–Crippen MR) is 137 cm³/mol. The fraction of sp³-hybridized carbons (Fsp3) is 0.577. The third kappa shape index (κ3) is 6.57. The van der Waals surface area contributed by atoms with Crippen LogP contribution < -0.4 is 4.74 Å². The van der Waals surface area contributed by atoms with E-state index in [9.17, 15) is 9.59 Å². The number of carbonyl (C=O) groups is 2. The molecule has 2 aliphatic heterocycles. The number of morpholine rings is 1. The molecule has 2 aromatic rings. The molecule has 0 saturated carbocycles. The van der Waals surface area contributed by atoms with E-state index in [1.807, 2.05) is 46.5 Å². The predicted octanol–water partition coefficient (Wildman–Crippen LogP) is 2.38. The van der Waals surface area contributed by atoms with Crippen LogP contribution in [0, 0.1) is 13.8 Å². The van der Waals surface area contributed by atoms with Crippen molar-refractivity contribution in [2.75, 3.05) is 59.5 Å². The maximum absolute atomic E-state index is 13.3. The number of aromatic nitrogens is 2. The molecule has 2 aliphatic rings. The largest absolute Gasteiger partial charge is 0.490 e. The van der Waals surface area contributed by atoms with Gasteiger partial charge in [0.25, 0.3) is 0 Å². The number of hydrogen-bond donors (Lipinski definition) is 0. The van der Waals surface area contributed by atoms with Gasteiger partial charge in [-0.25, -0.2) is 4.98 Å². The molecule has 1 aromatic heterocycles. The van der Waals surface area contributed by atoms with Gasteiger partial charge in [-0.2, -0.15) is 0 Å². The number of piperazine rings is 1. The fourth-order valence-electron chi connectivity index (χ4n) is 4.68. The first-order chi connectivity index (χ1) is 17.2. The first-order valence-corrected chi connectivity index (χ1v) is 12.9. The molecule has 0 spiro atoms. The lowest BCUT2D eigenvalue weighted by atomic mass is 9.96. The molecule has 196 valence electrons. The van der Waals surface area contributed by atoms with Gasteiger partial charge in [0, 0.05) is 63.1 Å². The molecule has 0 unspecified atom stereocenters. The van der Waals surface area contributed by atoms with Crippen LogP contribution in [0.15, 0.2) is 30.6 Å². The summed E-state index contributed by atoms with van der Waals surface area (Å²) in [4.78, 5) is 36.6. The lowest BCUT2D eigenvalue weighted by molar-refractivity contribution is -0.166. The first-order valence-electron chi connectivity index (χ1n) is 12.5. The Labute approximate surface area is 217 Å². The van der Waals surface area contributed by atoms with Gasteiger partial charge in [-0.3, -0.25) is 9.59 Å². The lowest BCUT2D eigenvalue weighted by Gasteiger charge is -2.43. The standard InChI is InChI=1S/C26H36ClN5O4/c1-20-16-22(4-5-23(20)27)35-19-26(17-25(34)31-12-10-29(3)11-13-31)18-32(14-15-36-26)24(33)6-8-30-9-7-28-21(30)2/h4-5,7,9,16H,6,8,10-15,17-19H2,1-3H3/t26-/m0/s1. The average Bonchev–Trinajstić information content (AvgIpc) is 3.28. The number of likely N-dealkylation sites (N-methyl/N-ethyl adjacent to an activating group) is 1. The van der Waals surface area contributed by atoms with Crippen molar-refractivity contribution < 1.29 is 19.1 Å². The van der Waals surface area contributed by atoms with Crippen molar-refractivity contribution in [3.05, 3.63) is 47.0 Å². The second-order valence-corrected chi connectivity index (χ2v) is 10.2. The molecule has 36 heavy (non-hydrogen) atoms. The van der Waals surface area contributed by atoms with E-state index in [4.69, 9.17) is 21.1 Å². The summed E-state index contributed by atoms with van der Waals surface area (Å²) >= 11 is 6.17. The van der Waals surface area contributed by atoms with E-state index < -0.39 is 5.60 Å². The van der Waals surface area contributed by atoms with Gasteiger partial charge in [-0.05, 0) is 44.7 Å². The summed E-state index contributed by atoms with van der Waals surface area (Å²) in [7, 11) is 2.06. The average molecular weight is 518 g/mol. The van der Waals surface area contributed by atoms with E-state index in [0.29, 0.717) is 56.5 Å². The van der Waals surface area contributed by atoms with Crippen LogP contribution in [0.3, 0.4) is 0 Å². The van der Waals surface area contributed by atoms with E-state index in [0.717, 1.165) is 24.5 Å². The number of carbonyl (C=O) groups excluding carboxylic acids is 2. The number of hydrogen-bond acceptors (Lipinski definition) is 6. The molecule has 0 aliphatic carbocycles. The number of halogens is 1. The van der Waals surface area contributed by atoms with E-state index >= 15 is 0 Å². The Hall–Kier alpha value is -2.62. The van der Waals surface area contributed by atoms with Gasteiger partial charge in [0.2, 0.25) is 11.8 Å². The highest BCUT2D eigenvalue weighted by Crippen LogP contribution is 2.28. The summed E-state index contributed by atoms with van der Waals surface area (Å²) in [6, 6.07) is 5.48. The Balaban J connectivity index is 1.46. The van der Waals surface area contributed by atoms with Crippen molar-refractivity contribution in [3.63, 3.8) is 0 Å². The monoisotopic (exact) mass is 517 g/mol. The van der Waals surface area contributed by atoms with Gasteiger partial charge in [0.05, 0.1) is 19.6 Å². The molecule has 0 bridgehead atoms. The maximum Gasteiger partial charge on any atom is 0.225 e. The second kappa shape index (κ2) is 11.6. The summed E-state index contributed by atoms with van der Waals surface area (Å²) < 4.78 is 14.4. The van der Waals surface area contributed by atoms with Crippen molar-refractivity contribution in [2.45, 2.75) is 38.8 Å². The van der Waals surface area contributed by atoms with E-state index in [1.54, 1.807) is 12.3 Å². The van der Waals surface area contributed by atoms with Gasteiger partial charge in [-0.15, -0.1) is 0 Å². The number of amides is 2. The number of aryl methyl sites for hydroxylation is 3. The number of rotatable bonds is 8. The Morgan fingerprint density at radius 1 is 1.11 bits per heavy atom. The molecule has 1 atom stereocenters.